The van der Waals surface area contributed by atoms with Crippen molar-refractivity contribution in [1.29, 1.82) is 0 Å². The summed E-state index contributed by atoms with van der Waals surface area (Å²) < 4.78 is 21.0. The van der Waals surface area contributed by atoms with Crippen LogP contribution in [-0.2, 0) is 9.53 Å². The highest BCUT2D eigenvalue weighted by atomic mass is 32.1. The summed E-state index contributed by atoms with van der Waals surface area (Å²) >= 11 is 1.46. The molecular weight excluding hydrogens is 398 g/mol. The van der Waals surface area contributed by atoms with Crippen LogP contribution < -0.4 is 14.8 Å². The van der Waals surface area contributed by atoms with Crippen molar-refractivity contribution in [2.45, 2.75) is 13.0 Å². The quantitative estimate of drug-likeness (QED) is 0.557. The van der Waals surface area contributed by atoms with Crippen molar-refractivity contribution in [3.05, 3.63) is 47.2 Å². The molecule has 152 valence electrons. The molecule has 1 aromatic carbocycles. The van der Waals surface area contributed by atoms with E-state index in [4.69, 9.17) is 18.6 Å². The van der Waals surface area contributed by atoms with Crippen molar-refractivity contribution in [2.24, 2.45) is 0 Å². The smallest absolute Gasteiger partial charge is 0.326 e. The minimum absolute atomic E-state index is 0.172. The number of hydrogen-bond donors (Lipinski definition) is 1. The van der Waals surface area contributed by atoms with Crippen LogP contribution >= 0.6 is 11.3 Å². The van der Waals surface area contributed by atoms with Gasteiger partial charge in [-0.3, -0.25) is 9.59 Å². The normalized spacial score (nSPS) is 11.6. The third kappa shape index (κ3) is 5.11. The number of carbonyl (C=O) groups is 2. The number of hydrogen-bond acceptors (Lipinski definition) is 9. The number of carbonyl (C=O) groups excluding carboxylic acids is 2. The Bertz CT molecular complexity index is 964. The number of ether oxygens (including phenoxy) is 3. The molecule has 29 heavy (non-hydrogen) atoms. The standard InChI is InChI=1S/C19H19N3O6S/c1-11(18-21-22-19(28-18)15-5-4-6-29-15)27-16(23)10-20-17(24)12-7-13(25-2)9-14(8-12)26-3/h4-9,11H,10H2,1-3H3,(H,20,24)/t11-/m0/s1. The topological polar surface area (TPSA) is 113 Å². The number of rotatable bonds is 8. The Morgan fingerprint density at radius 3 is 2.52 bits per heavy atom. The van der Waals surface area contributed by atoms with Crippen molar-refractivity contribution < 1.29 is 28.2 Å². The summed E-state index contributed by atoms with van der Waals surface area (Å²) in [4.78, 5) is 25.2. The van der Waals surface area contributed by atoms with Crippen molar-refractivity contribution in [1.82, 2.24) is 15.5 Å². The second-order valence-corrected chi connectivity index (χ2v) is 6.79. The summed E-state index contributed by atoms with van der Waals surface area (Å²) in [7, 11) is 2.97. The molecule has 10 heteroatoms. The van der Waals surface area contributed by atoms with Crippen molar-refractivity contribution in [3.8, 4) is 22.3 Å². The summed E-state index contributed by atoms with van der Waals surface area (Å²) in [6.07, 6.45) is -0.752. The Kier molecular flexibility index (Phi) is 6.45. The fourth-order valence-corrected chi connectivity index (χ4v) is 3.03. The number of aromatic nitrogens is 2. The fourth-order valence-electron chi connectivity index (χ4n) is 2.38. The first-order chi connectivity index (χ1) is 14.0. The maximum Gasteiger partial charge on any atom is 0.326 e. The molecule has 3 rings (SSSR count). The molecule has 3 aromatic rings. The van der Waals surface area contributed by atoms with Crippen LogP contribution in [0.4, 0.5) is 0 Å². The second kappa shape index (κ2) is 9.20. The lowest BCUT2D eigenvalue weighted by Gasteiger charge is -2.11. The molecule has 1 N–H and O–H groups in total. The monoisotopic (exact) mass is 417 g/mol. The van der Waals surface area contributed by atoms with Gasteiger partial charge in [-0.15, -0.1) is 21.5 Å². The van der Waals surface area contributed by atoms with Crippen molar-refractivity contribution in [3.63, 3.8) is 0 Å². The van der Waals surface area contributed by atoms with Crippen LogP contribution in [0.3, 0.4) is 0 Å². The van der Waals surface area contributed by atoms with Gasteiger partial charge in [-0.05, 0) is 30.5 Å². The number of amides is 1. The van der Waals surface area contributed by atoms with Gasteiger partial charge in [0.15, 0.2) is 6.10 Å². The highest BCUT2D eigenvalue weighted by molar-refractivity contribution is 7.13. The lowest BCUT2D eigenvalue weighted by molar-refractivity contribution is -0.148. The molecule has 2 heterocycles. The number of nitrogens with zero attached hydrogens (tertiary/aromatic N) is 2. The van der Waals surface area contributed by atoms with Gasteiger partial charge in [0.1, 0.15) is 18.0 Å². The van der Waals surface area contributed by atoms with Crippen LogP contribution in [0.5, 0.6) is 11.5 Å². The predicted molar refractivity (Wildman–Crippen MR) is 104 cm³/mol. The second-order valence-electron chi connectivity index (χ2n) is 5.84. The lowest BCUT2D eigenvalue weighted by atomic mass is 10.2. The molecule has 1 atom stereocenters. The van der Waals surface area contributed by atoms with Crippen LogP contribution in [-0.4, -0.2) is 42.8 Å². The number of esters is 1. The van der Waals surface area contributed by atoms with E-state index in [0.29, 0.717) is 23.0 Å². The SMILES string of the molecule is COc1cc(OC)cc(C(=O)NCC(=O)O[C@@H](C)c2nnc(-c3cccs3)o2)c1. The molecule has 2 aromatic heterocycles. The van der Waals surface area contributed by atoms with Crippen LogP contribution in [0.2, 0.25) is 0 Å². The van der Waals surface area contributed by atoms with E-state index in [1.54, 1.807) is 13.0 Å². The molecule has 0 aliphatic rings. The Morgan fingerprint density at radius 2 is 1.90 bits per heavy atom. The maximum absolute atomic E-state index is 12.3. The Hall–Kier alpha value is -3.40. The van der Waals surface area contributed by atoms with Gasteiger partial charge >= 0.3 is 5.97 Å². The molecule has 0 bridgehead atoms. The van der Waals surface area contributed by atoms with Gasteiger partial charge in [-0.2, -0.15) is 0 Å². The molecule has 0 aliphatic carbocycles. The summed E-state index contributed by atoms with van der Waals surface area (Å²) in [6.45, 7) is 1.28. The number of thiophene rings is 1. The summed E-state index contributed by atoms with van der Waals surface area (Å²) in [5.41, 5.74) is 0.291. The van der Waals surface area contributed by atoms with Crippen LogP contribution in [0, 0.1) is 0 Å². The van der Waals surface area contributed by atoms with Crippen molar-refractivity contribution >= 4 is 23.2 Å². The van der Waals surface area contributed by atoms with E-state index in [1.807, 2.05) is 17.5 Å². The molecule has 0 radical (unpaired) electrons. The third-order valence-electron chi connectivity index (χ3n) is 3.84. The molecule has 0 aliphatic heterocycles. The van der Waals surface area contributed by atoms with Gasteiger partial charge in [-0.1, -0.05) is 6.07 Å². The zero-order valence-corrected chi connectivity index (χ0v) is 16.8. The Morgan fingerprint density at radius 1 is 1.17 bits per heavy atom. The van der Waals surface area contributed by atoms with Crippen LogP contribution in [0.1, 0.15) is 29.3 Å². The maximum atomic E-state index is 12.3. The molecule has 0 spiro atoms. The first-order valence-corrected chi connectivity index (χ1v) is 9.46. The van der Waals surface area contributed by atoms with Crippen molar-refractivity contribution in [2.75, 3.05) is 20.8 Å². The van der Waals surface area contributed by atoms with Gasteiger partial charge in [0.25, 0.3) is 17.7 Å². The average Bonchev–Trinajstić information content (AvgIpc) is 3.43. The van der Waals surface area contributed by atoms with Crippen LogP contribution in [0.25, 0.3) is 10.8 Å². The highest BCUT2D eigenvalue weighted by Crippen LogP contribution is 2.26. The largest absolute Gasteiger partial charge is 0.497 e. The molecule has 9 nitrogen and oxygen atoms in total. The van der Waals surface area contributed by atoms with Gasteiger partial charge in [0.2, 0.25) is 0 Å². The molecule has 0 fully saturated rings. The zero-order valence-electron chi connectivity index (χ0n) is 16.0. The van der Waals surface area contributed by atoms with E-state index in [9.17, 15) is 9.59 Å². The summed E-state index contributed by atoms with van der Waals surface area (Å²) in [5, 5.41) is 12.2. The van der Waals surface area contributed by atoms with Gasteiger partial charge < -0.3 is 23.9 Å². The van der Waals surface area contributed by atoms with E-state index >= 15 is 0 Å². The zero-order chi connectivity index (χ0) is 20.8. The average molecular weight is 417 g/mol. The summed E-state index contributed by atoms with van der Waals surface area (Å²) in [5.74, 6) is 0.345. The van der Waals surface area contributed by atoms with E-state index in [-0.39, 0.29) is 12.4 Å². The minimum Gasteiger partial charge on any atom is -0.497 e. The van der Waals surface area contributed by atoms with E-state index in [1.165, 1.54) is 37.7 Å². The first-order valence-electron chi connectivity index (χ1n) is 8.58. The van der Waals surface area contributed by atoms with Crippen LogP contribution in [0.15, 0.2) is 40.1 Å². The molecule has 0 unspecified atom stereocenters. The predicted octanol–water partition coefficient (Wildman–Crippen LogP) is 2.85. The minimum atomic E-state index is -0.752. The third-order valence-corrected chi connectivity index (χ3v) is 4.69. The fraction of sp³-hybridized carbons (Fsp3) is 0.263. The number of nitrogens with one attached hydrogen (secondary N) is 1. The number of methoxy groups -OCH3 is 2. The van der Waals surface area contributed by atoms with E-state index < -0.39 is 18.0 Å². The Balaban J connectivity index is 1.55. The molecule has 0 saturated carbocycles. The van der Waals surface area contributed by atoms with E-state index in [0.717, 1.165) is 4.88 Å². The van der Waals surface area contributed by atoms with Gasteiger partial charge in [0.05, 0.1) is 19.1 Å². The van der Waals surface area contributed by atoms with E-state index in [2.05, 4.69) is 15.5 Å². The first kappa shape index (κ1) is 20.3. The molecule has 0 saturated heterocycles. The molecule has 1 amide bonds. The number of benzene rings is 1. The van der Waals surface area contributed by atoms with Gasteiger partial charge in [0, 0.05) is 11.6 Å². The highest BCUT2D eigenvalue weighted by Gasteiger charge is 2.20. The van der Waals surface area contributed by atoms with Gasteiger partial charge in [-0.25, -0.2) is 0 Å². The lowest BCUT2D eigenvalue weighted by Crippen LogP contribution is -2.31. The Labute approximate surface area is 170 Å². The summed E-state index contributed by atoms with van der Waals surface area (Å²) in [6, 6.07) is 8.43. The molecular formula is C19H19N3O6S.